The second-order valence-corrected chi connectivity index (χ2v) is 5.65. The van der Waals surface area contributed by atoms with E-state index < -0.39 is 5.92 Å². The first-order valence-corrected chi connectivity index (χ1v) is 7.05. The summed E-state index contributed by atoms with van der Waals surface area (Å²) in [6, 6.07) is 0. The number of hydrogen-bond donors (Lipinski definition) is 1. The van der Waals surface area contributed by atoms with Crippen LogP contribution in [0, 0.1) is 9.49 Å². The minimum absolute atomic E-state index is 0.127. The van der Waals surface area contributed by atoms with Gasteiger partial charge in [0.1, 0.15) is 17.8 Å². The monoisotopic (exact) mass is 386 g/mol. The van der Waals surface area contributed by atoms with Gasteiger partial charge in [0.25, 0.3) is 0 Å². The summed E-state index contributed by atoms with van der Waals surface area (Å²) in [4.78, 5) is 36.6. The molecule has 1 fully saturated rings. The van der Waals surface area contributed by atoms with Crippen LogP contribution < -0.4 is 4.90 Å². The Balaban J connectivity index is 2.01. The lowest BCUT2D eigenvalue weighted by molar-refractivity contribution is -0.145. The number of halogens is 1. The van der Waals surface area contributed by atoms with Crippen molar-refractivity contribution in [2.45, 2.75) is 6.42 Å². The fourth-order valence-corrected chi connectivity index (χ4v) is 3.00. The molecule has 2 aromatic heterocycles. The summed E-state index contributed by atoms with van der Waals surface area (Å²) >= 11 is 2.16. The maximum absolute atomic E-state index is 12.1. The molecule has 1 amide bonds. The van der Waals surface area contributed by atoms with Crippen molar-refractivity contribution in [1.82, 2.24) is 15.0 Å². The molecular weight excluding hydrogens is 375 g/mol. The number of ether oxygens (including phenoxy) is 1. The van der Waals surface area contributed by atoms with Crippen LogP contribution in [0.1, 0.15) is 6.42 Å². The summed E-state index contributed by atoms with van der Waals surface area (Å²) in [6.07, 6.45) is 3.36. The van der Waals surface area contributed by atoms with Crippen molar-refractivity contribution in [3.8, 4) is 0 Å². The molecule has 1 aliphatic heterocycles. The van der Waals surface area contributed by atoms with Crippen LogP contribution in [-0.4, -0.2) is 40.5 Å². The normalized spacial score (nSPS) is 18.8. The number of nitrogens with zero attached hydrogens (tertiary/aromatic N) is 3. The maximum atomic E-state index is 12.1. The van der Waals surface area contributed by atoms with Gasteiger partial charge in [0, 0.05) is 22.7 Å². The number of carbonyl (C=O) groups is 2. The van der Waals surface area contributed by atoms with E-state index in [9.17, 15) is 9.59 Å². The van der Waals surface area contributed by atoms with Crippen molar-refractivity contribution < 1.29 is 14.3 Å². The van der Waals surface area contributed by atoms with Crippen molar-refractivity contribution in [1.29, 1.82) is 0 Å². The van der Waals surface area contributed by atoms with E-state index in [0.717, 1.165) is 8.96 Å². The Morgan fingerprint density at radius 1 is 1.55 bits per heavy atom. The second kappa shape index (κ2) is 5.00. The molecule has 1 N–H and O–H groups in total. The van der Waals surface area contributed by atoms with Crippen LogP contribution in [0.5, 0.6) is 0 Å². The smallest absolute Gasteiger partial charge is 0.311 e. The van der Waals surface area contributed by atoms with Gasteiger partial charge in [-0.25, -0.2) is 9.97 Å². The molecule has 104 valence electrons. The molecule has 0 radical (unpaired) electrons. The van der Waals surface area contributed by atoms with Crippen LogP contribution in [0.2, 0.25) is 0 Å². The van der Waals surface area contributed by atoms with Gasteiger partial charge in [-0.15, -0.1) is 0 Å². The highest BCUT2D eigenvalue weighted by Gasteiger charge is 2.37. The van der Waals surface area contributed by atoms with Gasteiger partial charge in [0.05, 0.1) is 18.4 Å². The topological polar surface area (TPSA) is 88.2 Å². The lowest BCUT2D eigenvalue weighted by atomic mass is 10.1. The van der Waals surface area contributed by atoms with Crippen LogP contribution in [0.3, 0.4) is 0 Å². The lowest BCUT2D eigenvalue weighted by Crippen LogP contribution is -2.27. The van der Waals surface area contributed by atoms with Crippen molar-refractivity contribution in [3.05, 3.63) is 16.1 Å². The van der Waals surface area contributed by atoms with Crippen LogP contribution in [-0.2, 0) is 14.3 Å². The predicted octanol–water partition coefficient (Wildman–Crippen LogP) is 1.09. The minimum atomic E-state index is -0.436. The fourth-order valence-electron chi connectivity index (χ4n) is 2.35. The van der Waals surface area contributed by atoms with Crippen LogP contribution >= 0.6 is 22.6 Å². The average molecular weight is 386 g/mol. The third-order valence-electron chi connectivity index (χ3n) is 3.32. The number of aromatic amines is 1. The number of esters is 1. The molecule has 0 aliphatic carbocycles. The zero-order valence-corrected chi connectivity index (χ0v) is 12.7. The average Bonchev–Trinajstić information content (AvgIpc) is 3.02. The summed E-state index contributed by atoms with van der Waals surface area (Å²) in [5.41, 5.74) is 0.675. The highest BCUT2D eigenvalue weighted by molar-refractivity contribution is 14.1. The van der Waals surface area contributed by atoms with Gasteiger partial charge in [-0.05, 0) is 22.6 Å². The van der Waals surface area contributed by atoms with Gasteiger partial charge >= 0.3 is 5.97 Å². The van der Waals surface area contributed by atoms with E-state index in [1.807, 2.05) is 6.20 Å². The van der Waals surface area contributed by atoms with E-state index in [-0.39, 0.29) is 18.3 Å². The first kappa shape index (κ1) is 13.3. The van der Waals surface area contributed by atoms with Crippen molar-refractivity contribution in [2.75, 3.05) is 18.6 Å². The van der Waals surface area contributed by atoms with E-state index in [1.165, 1.54) is 18.3 Å². The lowest BCUT2D eigenvalue weighted by Gasteiger charge is -2.16. The molecule has 1 aliphatic rings. The molecule has 1 saturated heterocycles. The quantitative estimate of drug-likeness (QED) is 0.617. The molecular formula is C12H11IN4O3. The van der Waals surface area contributed by atoms with E-state index in [2.05, 4.69) is 37.5 Å². The van der Waals surface area contributed by atoms with E-state index in [4.69, 9.17) is 4.74 Å². The number of hydrogen-bond acceptors (Lipinski definition) is 5. The van der Waals surface area contributed by atoms with Crippen molar-refractivity contribution >= 4 is 51.3 Å². The molecule has 3 rings (SSSR count). The molecule has 0 saturated carbocycles. The number of anilines is 1. The van der Waals surface area contributed by atoms with E-state index >= 15 is 0 Å². The summed E-state index contributed by atoms with van der Waals surface area (Å²) in [5.74, 6) is -0.390. The van der Waals surface area contributed by atoms with Gasteiger partial charge in [-0.2, -0.15) is 0 Å². The third kappa shape index (κ3) is 2.03. The Labute approximate surface area is 127 Å². The Morgan fingerprint density at radius 3 is 3.10 bits per heavy atom. The largest absolute Gasteiger partial charge is 0.469 e. The molecule has 1 unspecified atom stereocenters. The predicted molar refractivity (Wildman–Crippen MR) is 79.1 cm³/mol. The molecule has 0 spiro atoms. The number of amides is 1. The minimum Gasteiger partial charge on any atom is -0.469 e. The number of aromatic nitrogens is 3. The number of nitrogens with one attached hydrogen (secondary N) is 1. The number of H-pyrrole nitrogens is 1. The molecule has 1 atom stereocenters. The van der Waals surface area contributed by atoms with Crippen LogP contribution in [0.25, 0.3) is 11.0 Å². The molecule has 3 heterocycles. The Morgan fingerprint density at radius 2 is 2.35 bits per heavy atom. The van der Waals surface area contributed by atoms with Crippen molar-refractivity contribution in [2.24, 2.45) is 5.92 Å². The molecule has 0 bridgehead atoms. The standard InChI is InChI=1S/C12H11IN4O3/c1-20-12(19)6-2-8(18)17(4-6)11-9-7(13)3-14-10(9)15-5-16-11/h3,5-6H,2,4H2,1H3,(H,14,15,16). The van der Waals surface area contributed by atoms with Crippen LogP contribution in [0.15, 0.2) is 12.5 Å². The summed E-state index contributed by atoms with van der Waals surface area (Å²) in [7, 11) is 1.33. The van der Waals surface area contributed by atoms with Gasteiger partial charge in [-0.3, -0.25) is 14.5 Å². The first-order valence-electron chi connectivity index (χ1n) is 5.97. The molecule has 20 heavy (non-hydrogen) atoms. The van der Waals surface area contributed by atoms with E-state index in [0.29, 0.717) is 18.0 Å². The summed E-state index contributed by atoms with van der Waals surface area (Å²) < 4.78 is 5.64. The zero-order valence-electron chi connectivity index (χ0n) is 10.6. The number of rotatable bonds is 2. The SMILES string of the molecule is COC(=O)C1CC(=O)N(c2ncnc3[nH]cc(I)c23)C1. The van der Waals surface area contributed by atoms with Gasteiger partial charge in [0.2, 0.25) is 5.91 Å². The molecule has 0 aromatic carbocycles. The second-order valence-electron chi connectivity index (χ2n) is 4.49. The Bertz CT molecular complexity index is 699. The first-order chi connectivity index (χ1) is 9.61. The molecule has 7 nitrogen and oxygen atoms in total. The number of carbonyl (C=O) groups excluding carboxylic acids is 2. The summed E-state index contributed by atoms with van der Waals surface area (Å²) in [6.45, 7) is 0.291. The Hall–Kier alpha value is -1.71. The fraction of sp³-hybridized carbons (Fsp3) is 0.333. The van der Waals surface area contributed by atoms with E-state index in [1.54, 1.807) is 0 Å². The summed E-state index contributed by atoms with van der Waals surface area (Å²) in [5, 5.41) is 0.798. The Kier molecular flexibility index (Phi) is 3.32. The van der Waals surface area contributed by atoms with Crippen molar-refractivity contribution in [3.63, 3.8) is 0 Å². The molecule has 8 heteroatoms. The third-order valence-corrected chi connectivity index (χ3v) is 4.17. The van der Waals surface area contributed by atoms with Gasteiger partial charge < -0.3 is 9.72 Å². The number of fused-ring (bicyclic) bond motifs is 1. The number of methoxy groups -OCH3 is 1. The highest BCUT2D eigenvalue weighted by Crippen LogP contribution is 2.31. The maximum Gasteiger partial charge on any atom is 0.311 e. The van der Waals surface area contributed by atoms with Crippen LogP contribution in [0.4, 0.5) is 5.82 Å². The zero-order chi connectivity index (χ0) is 14.3. The highest BCUT2D eigenvalue weighted by atomic mass is 127. The molecule has 2 aromatic rings. The van der Waals surface area contributed by atoms with Gasteiger partial charge in [0.15, 0.2) is 0 Å². The van der Waals surface area contributed by atoms with Gasteiger partial charge in [-0.1, -0.05) is 0 Å².